The van der Waals surface area contributed by atoms with Crippen LogP contribution in [0.1, 0.15) is 22.9 Å². The van der Waals surface area contributed by atoms with Gasteiger partial charge in [-0.2, -0.15) is 11.8 Å². The molecule has 3 heteroatoms. The summed E-state index contributed by atoms with van der Waals surface area (Å²) in [6.07, 6.45) is 1.00. The number of hydrogen-bond donors (Lipinski definition) is 1. The summed E-state index contributed by atoms with van der Waals surface area (Å²) in [6.45, 7) is 0. The van der Waals surface area contributed by atoms with E-state index < -0.39 is 0 Å². The van der Waals surface area contributed by atoms with Crippen molar-refractivity contribution in [2.75, 3.05) is 5.75 Å². The lowest BCUT2D eigenvalue weighted by atomic mass is 10.0. The summed E-state index contributed by atoms with van der Waals surface area (Å²) in [5.74, 6) is 3.55. The van der Waals surface area contributed by atoms with Crippen molar-refractivity contribution in [1.82, 2.24) is 9.97 Å². The highest BCUT2D eigenvalue weighted by atomic mass is 32.2. The van der Waals surface area contributed by atoms with Crippen molar-refractivity contribution in [3.05, 3.63) is 102 Å². The Morgan fingerprint density at radius 2 is 1.42 bits per heavy atom. The molecule has 0 spiro atoms. The molecule has 1 atom stereocenters. The fourth-order valence-electron chi connectivity index (χ4n) is 3.19. The van der Waals surface area contributed by atoms with Crippen molar-refractivity contribution in [3.63, 3.8) is 0 Å². The van der Waals surface area contributed by atoms with Crippen molar-refractivity contribution >= 4 is 22.8 Å². The number of rotatable bonds is 7. The largest absolute Gasteiger partial charge is 0.342 e. The number of thioether (sulfide) groups is 1. The fraction of sp³-hybridized carbons (Fsp3) is 0.174. The quantitative estimate of drug-likeness (QED) is 0.451. The lowest BCUT2D eigenvalue weighted by Crippen LogP contribution is -2.08. The Hall–Kier alpha value is -2.52. The molecule has 26 heavy (non-hydrogen) atoms. The molecule has 1 N–H and O–H groups in total. The van der Waals surface area contributed by atoms with Gasteiger partial charge in [0, 0.05) is 17.4 Å². The van der Waals surface area contributed by atoms with Crippen LogP contribution in [0.4, 0.5) is 0 Å². The van der Waals surface area contributed by atoms with Gasteiger partial charge in [0.15, 0.2) is 0 Å². The number of para-hydroxylation sites is 2. The molecule has 3 aromatic carbocycles. The van der Waals surface area contributed by atoms with E-state index in [0.29, 0.717) is 5.92 Å². The van der Waals surface area contributed by atoms with Crippen LogP contribution in [0.5, 0.6) is 0 Å². The maximum absolute atomic E-state index is 4.87. The highest BCUT2D eigenvalue weighted by Gasteiger charge is 2.17. The van der Waals surface area contributed by atoms with Crippen LogP contribution in [-0.2, 0) is 12.2 Å². The summed E-state index contributed by atoms with van der Waals surface area (Å²) in [6, 6.07) is 29.7. The Morgan fingerprint density at radius 3 is 2.15 bits per heavy atom. The van der Waals surface area contributed by atoms with E-state index in [-0.39, 0.29) is 0 Å². The summed E-state index contributed by atoms with van der Waals surface area (Å²) in [7, 11) is 0. The second-order valence-electron chi connectivity index (χ2n) is 6.53. The molecule has 1 aromatic heterocycles. The molecule has 0 unspecified atom stereocenters. The monoisotopic (exact) mass is 358 g/mol. The van der Waals surface area contributed by atoms with E-state index >= 15 is 0 Å². The van der Waals surface area contributed by atoms with Crippen molar-refractivity contribution in [2.24, 2.45) is 0 Å². The van der Waals surface area contributed by atoms with Gasteiger partial charge in [-0.25, -0.2) is 4.98 Å². The fourth-order valence-corrected chi connectivity index (χ4v) is 4.30. The molecular weight excluding hydrogens is 336 g/mol. The van der Waals surface area contributed by atoms with Crippen molar-refractivity contribution in [1.29, 1.82) is 0 Å². The minimum atomic E-state index is 0.374. The van der Waals surface area contributed by atoms with Crippen LogP contribution in [0.2, 0.25) is 0 Å². The second kappa shape index (κ2) is 8.24. The van der Waals surface area contributed by atoms with E-state index in [4.69, 9.17) is 4.98 Å². The van der Waals surface area contributed by atoms with Crippen LogP contribution < -0.4 is 0 Å². The van der Waals surface area contributed by atoms with E-state index in [1.807, 2.05) is 17.8 Å². The lowest BCUT2D eigenvalue weighted by molar-refractivity contribution is 0.723. The van der Waals surface area contributed by atoms with E-state index in [9.17, 15) is 0 Å². The molecule has 0 aliphatic rings. The summed E-state index contributed by atoms with van der Waals surface area (Å²) in [5, 5.41) is 0. The zero-order valence-electron chi connectivity index (χ0n) is 14.6. The first-order chi connectivity index (χ1) is 12.9. The van der Waals surface area contributed by atoms with Gasteiger partial charge in [-0.1, -0.05) is 72.8 Å². The van der Waals surface area contributed by atoms with Gasteiger partial charge in [0.2, 0.25) is 0 Å². The molecule has 2 nitrogen and oxygen atoms in total. The Kier molecular flexibility index (Phi) is 5.36. The predicted octanol–water partition coefficient (Wildman–Crippen LogP) is 5.82. The molecule has 130 valence electrons. The van der Waals surface area contributed by atoms with Crippen molar-refractivity contribution < 1.29 is 0 Å². The topological polar surface area (TPSA) is 28.7 Å². The number of imidazole rings is 1. The Bertz CT molecular complexity index is 915. The van der Waals surface area contributed by atoms with Crippen LogP contribution >= 0.6 is 11.8 Å². The molecule has 0 aliphatic heterocycles. The first-order valence-corrected chi connectivity index (χ1v) is 10.1. The van der Waals surface area contributed by atoms with Gasteiger partial charge in [0.1, 0.15) is 5.82 Å². The molecule has 0 saturated heterocycles. The predicted molar refractivity (Wildman–Crippen MR) is 112 cm³/mol. The summed E-state index contributed by atoms with van der Waals surface area (Å²) >= 11 is 1.98. The first-order valence-electron chi connectivity index (χ1n) is 8.99. The third-order valence-electron chi connectivity index (χ3n) is 4.55. The highest BCUT2D eigenvalue weighted by Crippen LogP contribution is 2.27. The maximum atomic E-state index is 4.87. The molecular formula is C23H22N2S. The van der Waals surface area contributed by atoms with E-state index in [1.165, 1.54) is 11.1 Å². The standard InChI is InChI=1S/C23H22N2S/c1-3-9-18(10-4-1)15-20(17-26-16-19-11-5-2-6-12-19)23-24-21-13-7-8-14-22(21)25-23/h1-14,20H,15-17H2,(H,24,25)/t20-/m1/s1. The normalized spacial score (nSPS) is 12.3. The Morgan fingerprint density at radius 1 is 0.769 bits per heavy atom. The average Bonchev–Trinajstić information content (AvgIpc) is 3.13. The van der Waals surface area contributed by atoms with Crippen LogP contribution in [0.3, 0.4) is 0 Å². The minimum Gasteiger partial charge on any atom is -0.342 e. The molecule has 1 heterocycles. The van der Waals surface area contributed by atoms with E-state index in [0.717, 1.165) is 34.8 Å². The van der Waals surface area contributed by atoms with Crippen LogP contribution in [-0.4, -0.2) is 15.7 Å². The van der Waals surface area contributed by atoms with Crippen LogP contribution in [0.15, 0.2) is 84.9 Å². The number of nitrogens with zero attached hydrogens (tertiary/aromatic N) is 1. The number of H-pyrrole nitrogens is 1. The van der Waals surface area contributed by atoms with Gasteiger partial charge in [-0.15, -0.1) is 0 Å². The highest BCUT2D eigenvalue weighted by molar-refractivity contribution is 7.98. The molecule has 0 fully saturated rings. The van der Waals surface area contributed by atoms with E-state index in [1.54, 1.807) is 0 Å². The number of fused-ring (bicyclic) bond motifs is 1. The third-order valence-corrected chi connectivity index (χ3v) is 5.73. The SMILES string of the molecule is c1ccc(CSC[C@@H](Cc2ccccc2)c2nc3ccccc3[nH]2)cc1. The molecule has 0 radical (unpaired) electrons. The van der Waals surface area contributed by atoms with E-state index in [2.05, 4.69) is 83.8 Å². The van der Waals surface area contributed by atoms with Crippen molar-refractivity contribution in [2.45, 2.75) is 18.1 Å². The van der Waals surface area contributed by atoms with Crippen LogP contribution in [0, 0.1) is 0 Å². The second-order valence-corrected chi connectivity index (χ2v) is 7.56. The molecule has 0 aliphatic carbocycles. The molecule has 0 saturated carbocycles. The van der Waals surface area contributed by atoms with Crippen molar-refractivity contribution in [3.8, 4) is 0 Å². The maximum Gasteiger partial charge on any atom is 0.111 e. The van der Waals surface area contributed by atoms with Gasteiger partial charge in [0.25, 0.3) is 0 Å². The third kappa shape index (κ3) is 4.17. The van der Waals surface area contributed by atoms with Crippen LogP contribution in [0.25, 0.3) is 11.0 Å². The molecule has 4 aromatic rings. The summed E-state index contributed by atoms with van der Waals surface area (Å²) in [4.78, 5) is 8.41. The number of benzene rings is 3. The zero-order valence-corrected chi connectivity index (χ0v) is 15.5. The van der Waals surface area contributed by atoms with Gasteiger partial charge in [0.05, 0.1) is 11.0 Å². The Balaban J connectivity index is 1.52. The number of aromatic amines is 1. The zero-order chi connectivity index (χ0) is 17.6. The number of aromatic nitrogens is 2. The van der Waals surface area contributed by atoms with Gasteiger partial charge < -0.3 is 4.98 Å². The summed E-state index contributed by atoms with van der Waals surface area (Å²) in [5.41, 5.74) is 4.90. The Labute approximate surface area is 158 Å². The minimum absolute atomic E-state index is 0.374. The number of hydrogen-bond acceptors (Lipinski definition) is 2. The molecule has 4 rings (SSSR count). The molecule has 0 bridgehead atoms. The van der Waals surface area contributed by atoms with Gasteiger partial charge in [-0.3, -0.25) is 0 Å². The van der Waals surface area contributed by atoms with Gasteiger partial charge in [-0.05, 0) is 29.7 Å². The number of nitrogens with one attached hydrogen (secondary N) is 1. The first kappa shape index (κ1) is 16.9. The molecule has 0 amide bonds. The van der Waals surface area contributed by atoms with Gasteiger partial charge >= 0.3 is 0 Å². The average molecular weight is 359 g/mol. The summed E-state index contributed by atoms with van der Waals surface area (Å²) < 4.78 is 0. The lowest BCUT2D eigenvalue weighted by Gasteiger charge is -2.15. The smallest absolute Gasteiger partial charge is 0.111 e.